The maximum atomic E-state index is 12.4. The fourth-order valence-electron chi connectivity index (χ4n) is 2.03. The van der Waals surface area contributed by atoms with Gasteiger partial charge in [-0.05, 0) is 37.5 Å². The van der Waals surface area contributed by atoms with Crippen molar-refractivity contribution in [3.05, 3.63) is 59.5 Å². The van der Waals surface area contributed by atoms with Crippen molar-refractivity contribution in [3.63, 3.8) is 0 Å². The van der Waals surface area contributed by atoms with E-state index in [-0.39, 0.29) is 17.4 Å². The van der Waals surface area contributed by atoms with Crippen LogP contribution in [0.4, 0.5) is 0 Å². The molecule has 0 saturated carbocycles. The standard InChI is InChI=1S/C19H20N2O4/c1-19(2,24)12-11-14-9-10-15(25-14)17(22)21-16(18(23)20-3)13-7-5-4-6-8-13/h4-10,16,24H,1-3H3,(H,20,23)(H,21,22). The van der Waals surface area contributed by atoms with E-state index in [0.717, 1.165) is 0 Å². The van der Waals surface area contributed by atoms with Crippen LogP contribution in [0, 0.1) is 11.8 Å². The van der Waals surface area contributed by atoms with Gasteiger partial charge in [0.15, 0.2) is 11.5 Å². The summed E-state index contributed by atoms with van der Waals surface area (Å²) in [5, 5.41) is 14.8. The summed E-state index contributed by atoms with van der Waals surface area (Å²) in [5.41, 5.74) is -0.504. The summed E-state index contributed by atoms with van der Waals surface area (Å²) in [6.07, 6.45) is 0. The molecule has 2 rings (SSSR count). The topological polar surface area (TPSA) is 91.6 Å². The average molecular weight is 340 g/mol. The van der Waals surface area contributed by atoms with E-state index in [1.807, 2.05) is 6.07 Å². The molecule has 0 spiro atoms. The maximum absolute atomic E-state index is 12.4. The van der Waals surface area contributed by atoms with Gasteiger partial charge in [0, 0.05) is 7.05 Å². The van der Waals surface area contributed by atoms with Gasteiger partial charge in [-0.25, -0.2) is 0 Å². The Bertz CT molecular complexity index is 807. The smallest absolute Gasteiger partial charge is 0.287 e. The lowest BCUT2D eigenvalue weighted by Gasteiger charge is -2.16. The molecule has 6 nitrogen and oxygen atoms in total. The average Bonchev–Trinajstić information content (AvgIpc) is 3.06. The van der Waals surface area contributed by atoms with E-state index < -0.39 is 17.6 Å². The van der Waals surface area contributed by atoms with E-state index in [1.54, 1.807) is 38.1 Å². The fourth-order valence-corrected chi connectivity index (χ4v) is 2.03. The number of amides is 2. The molecule has 1 aromatic heterocycles. The molecule has 6 heteroatoms. The molecule has 0 aliphatic rings. The van der Waals surface area contributed by atoms with Crippen molar-refractivity contribution in [2.75, 3.05) is 7.05 Å². The van der Waals surface area contributed by atoms with E-state index in [1.165, 1.54) is 19.2 Å². The van der Waals surface area contributed by atoms with Gasteiger partial charge in [-0.15, -0.1) is 0 Å². The summed E-state index contributed by atoms with van der Waals surface area (Å²) in [6, 6.07) is 11.1. The Kier molecular flexibility index (Phi) is 5.63. The summed E-state index contributed by atoms with van der Waals surface area (Å²) in [7, 11) is 1.50. The minimum Gasteiger partial charge on any atom is -0.443 e. The highest BCUT2D eigenvalue weighted by Gasteiger charge is 2.23. The molecule has 1 unspecified atom stereocenters. The Morgan fingerprint density at radius 3 is 2.44 bits per heavy atom. The number of furan rings is 1. The van der Waals surface area contributed by atoms with Gasteiger partial charge in [0.1, 0.15) is 11.6 Å². The van der Waals surface area contributed by atoms with E-state index in [2.05, 4.69) is 22.5 Å². The highest BCUT2D eigenvalue weighted by molar-refractivity contribution is 5.96. The van der Waals surface area contributed by atoms with Gasteiger partial charge in [0.25, 0.3) is 5.91 Å². The number of benzene rings is 1. The van der Waals surface area contributed by atoms with Gasteiger partial charge in [-0.2, -0.15) is 0 Å². The number of carbonyl (C=O) groups excluding carboxylic acids is 2. The molecule has 2 aromatic rings. The quantitative estimate of drug-likeness (QED) is 0.738. The number of rotatable bonds is 4. The van der Waals surface area contributed by atoms with Crippen LogP contribution < -0.4 is 10.6 Å². The number of hydrogen-bond acceptors (Lipinski definition) is 4. The third-order valence-corrected chi connectivity index (χ3v) is 3.24. The number of aliphatic hydroxyl groups is 1. The Morgan fingerprint density at radius 1 is 1.16 bits per heavy atom. The molecule has 3 N–H and O–H groups in total. The van der Waals surface area contributed by atoms with Crippen molar-refractivity contribution in [2.45, 2.75) is 25.5 Å². The summed E-state index contributed by atoms with van der Waals surface area (Å²) in [4.78, 5) is 24.5. The first-order valence-electron chi connectivity index (χ1n) is 7.73. The molecule has 25 heavy (non-hydrogen) atoms. The second-order valence-corrected chi connectivity index (χ2v) is 5.90. The Balaban J connectivity index is 2.17. The zero-order valence-electron chi connectivity index (χ0n) is 14.3. The Morgan fingerprint density at radius 2 is 1.84 bits per heavy atom. The normalized spacial score (nSPS) is 11.8. The van der Waals surface area contributed by atoms with Crippen molar-refractivity contribution >= 4 is 11.8 Å². The molecule has 0 fully saturated rings. The molecule has 0 radical (unpaired) electrons. The van der Waals surface area contributed by atoms with E-state index in [4.69, 9.17) is 4.42 Å². The Hall–Kier alpha value is -3.04. The van der Waals surface area contributed by atoms with Gasteiger partial charge >= 0.3 is 0 Å². The fraction of sp³-hybridized carbons (Fsp3) is 0.263. The minimum absolute atomic E-state index is 0.0323. The third-order valence-electron chi connectivity index (χ3n) is 3.24. The lowest BCUT2D eigenvalue weighted by molar-refractivity contribution is -0.122. The van der Waals surface area contributed by atoms with Gasteiger partial charge in [-0.1, -0.05) is 36.3 Å². The predicted molar refractivity (Wildman–Crippen MR) is 92.6 cm³/mol. The minimum atomic E-state index is -1.16. The van der Waals surface area contributed by atoms with Crippen molar-refractivity contribution in [2.24, 2.45) is 0 Å². The van der Waals surface area contributed by atoms with Crippen LogP contribution in [0.5, 0.6) is 0 Å². The van der Waals surface area contributed by atoms with Crippen molar-refractivity contribution in [1.82, 2.24) is 10.6 Å². The number of nitrogens with one attached hydrogen (secondary N) is 2. The maximum Gasteiger partial charge on any atom is 0.287 e. The largest absolute Gasteiger partial charge is 0.443 e. The highest BCUT2D eigenvalue weighted by Crippen LogP contribution is 2.15. The molecule has 0 bridgehead atoms. The molecule has 0 aliphatic heterocycles. The lowest BCUT2D eigenvalue weighted by atomic mass is 10.1. The van der Waals surface area contributed by atoms with Gasteiger partial charge in [0.2, 0.25) is 5.91 Å². The molecule has 1 heterocycles. The first-order valence-corrected chi connectivity index (χ1v) is 7.73. The molecular formula is C19H20N2O4. The molecule has 0 aliphatic carbocycles. The molecule has 0 saturated heterocycles. The zero-order valence-corrected chi connectivity index (χ0v) is 14.3. The molecule has 1 atom stereocenters. The van der Waals surface area contributed by atoms with Crippen LogP contribution in [0.25, 0.3) is 0 Å². The highest BCUT2D eigenvalue weighted by atomic mass is 16.3. The van der Waals surface area contributed by atoms with Crippen molar-refractivity contribution in [3.8, 4) is 11.8 Å². The number of likely N-dealkylation sites (N-methyl/N-ethyl adjacent to an activating group) is 1. The van der Waals surface area contributed by atoms with Gasteiger partial charge < -0.3 is 20.2 Å². The van der Waals surface area contributed by atoms with Gasteiger partial charge in [-0.3, -0.25) is 9.59 Å². The molecule has 130 valence electrons. The van der Waals surface area contributed by atoms with Crippen LogP contribution in [-0.4, -0.2) is 29.6 Å². The van der Waals surface area contributed by atoms with Crippen molar-refractivity contribution in [1.29, 1.82) is 0 Å². The second kappa shape index (κ2) is 7.69. The monoisotopic (exact) mass is 340 g/mol. The number of hydrogen-bond donors (Lipinski definition) is 3. The van der Waals surface area contributed by atoms with E-state index in [9.17, 15) is 14.7 Å². The molecular weight excluding hydrogens is 320 g/mol. The zero-order chi connectivity index (χ0) is 18.4. The van der Waals surface area contributed by atoms with Crippen LogP contribution in [0.1, 0.15) is 41.8 Å². The molecule has 1 aromatic carbocycles. The summed E-state index contributed by atoms with van der Waals surface area (Å²) < 4.78 is 5.36. The lowest BCUT2D eigenvalue weighted by Crippen LogP contribution is -2.38. The summed E-state index contributed by atoms with van der Waals surface area (Å²) in [6.45, 7) is 3.09. The van der Waals surface area contributed by atoms with Crippen LogP contribution in [0.15, 0.2) is 46.9 Å². The molecule has 2 amide bonds. The second-order valence-electron chi connectivity index (χ2n) is 5.90. The van der Waals surface area contributed by atoms with Crippen LogP contribution in [0.2, 0.25) is 0 Å². The van der Waals surface area contributed by atoms with Crippen molar-refractivity contribution < 1.29 is 19.1 Å². The third kappa shape index (κ3) is 5.23. The predicted octanol–water partition coefficient (Wildman–Crippen LogP) is 1.62. The Labute approximate surface area is 146 Å². The van der Waals surface area contributed by atoms with Crippen LogP contribution in [-0.2, 0) is 4.79 Å². The number of carbonyl (C=O) groups is 2. The SMILES string of the molecule is CNC(=O)C(NC(=O)c1ccc(C#CC(C)(C)O)o1)c1ccccc1. The first-order chi connectivity index (χ1) is 11.8. The first kappa shape index (κ1) is 18.3. The summed E-state index contributed by atoms with van der Waals surface area (Å²) in [5.74, 6) is 4.67. The summed E-state index contributed by atoms with van der Waals surface area (Å²) >= 11 is 0. The van der Waals surface area contributed by atoms with E-state index in [0.29, 0.717) is 5.56 Å². The van der Waals surface area contributed by atoms with Crippen LogP contribution >= 0.6 is 0 Å². The van der Waals surface area contributed by atoms with E-state index >= 15 is 0 Å². The van der Waals surface area contributed by atoms with Gasteiger partial charge in [0.05, 0.1) is 0 Å². The van der Waals surface area contributed by atoms with Crippen LogP contribution in [0.3, 0.4) is 0 Å².